The van der Waals surface area contributed by atoms with Crippen molar-refractivity contribution < 1.29 is 8.83 Å². The minimum atomic E-state index is -0.364. The van der Waals surface area contributed by atoms with Crippen molar-refractivity contribution in [3.63, 3.8) is 0 Å². The van der Waals surface area contributed by atoms with E-state index in [1.165, 1.54) is 6.07 Å². The van der Waals surface area contributed by atoms with Crippen LogP contribution in [-0.2, 0) is 6.54 Å². The van der Waals surface area contributed by atoms with Gasteiger partial charge in [0.25, 0.3) is 0 Å². The molecule has 4 nitrogen and oxygen atoms in total. The summed E-state index contributed by atoms with van der Waals surface area (Å²) in [6.45, 7) is 4.40. The Morgan fingerprint density at radius 2 is 2.14 bits per heavy atom. The summed E-state index contributed by atoms with van der Waals surface area (Å²) < 4.78 is 10.6. The van der Waals surface area contributed by atoms with Gasteiger partial charge in [0.05, 0.1) is 12.3 Å². The highest BCUT2D eigenvalue weighted by Gasteiger charge is 2.11. The summed E-state index contributed by atoms with van der Waals surface area (Å²) in [5.41, 5.74) is 1.92. The van der Waals surface area contributed by atoms with Crippen molar-refractivity contribution in [2.24, 2.45) is 0 Å². The summed E-state index contributed by atoms with van der Waals surface area (Å²) in [7, 11) is 0. The van der Waals surface area contributed by atoms with Crippen LogP contribution in [0.25, 0.3) is 11.0 Å². The third-order valence-corrected chi connectivity index (χ3v) is 4.09. The molecule has 0 amide bonds. The van der Waals surface area contributed by atoms with Crippen LogP contribution in [0.2, 0.25) is 5.02 Å². The van der Waals surface area contributed by atoms with Gasteiger partial charge in [0.1, 0.15) is 11.3 Å². The molecule has 0 aliphatic heterocycles. The van der Waals surface area contributed by atoms with Crippen molar-refractivity contribution >= 4 is 22.6 Å². The molecule has 3 aromatic rings. The van der Waals surface area contributed by atoms with Crippen LogP contribution in [0.4, 0.5) is 0 Å². The van der Waals surface area contributed by atoms with Crippen molar-refractivity contribution in [1.82, 2.24) is 5.32 Å². The van der Waals surface area contributed by atoms with Crippen molar-refractivity contribution in [2.75, 3.05) is 0 Å². The Hall–Kier alpha value is -2.04. The molecule has 2 heterocycles. The van der Waals surface area contributed by atoms with E-state index >= 15 is 0 Å². The molecule has 22 heavy (non-hydrogen) atoms. The van der Waals surface area contributed by atoms with E-state index in [2.05, 4.69) is 5.32 Å². The Morgan fingerprint density at radius 1 is 1.32 bits per heavy atom. The first-order chi connectivity index (χ1) is 10.5. The summed E-state index contributed by atoms with van der Waals surface area (Å²) in [4.78, 5) is 11.7. The summed E-state index contributed by atoms with van der Waals surface area (Å²) in [5.74, 6) is 0.848. The molecule has 0 bridgehead atoms. The molecule has 0 spiro atoms. The smallest absolute Gasteiger partial charge is 0.336 e. The summed E-state index contributed by atoms with van der Waals surface area (Å²) in [5, 5.41) is 4.83. The predicted octanol–water partition coefficient (Wildman–Crippen LogP) is 4.20. The topological polar surface area (TPSA) is 55.4 Å². The molecule has 0 aliphatic rings. The van der Waals surface area contributed by atoms with Crippen molar-refractivity contribution in [3.05, 3.63) is 68.9 Å². The summed E-state index contributed by atoms with van der Waals surface area (Å²) >= 11 is 6.19. The van der Waals surface area contributed by atoms with Gasteiger partial charge in [-0.2, -0.15) is 0 Å². The first-order valence-electron chi connectivity index (χ1n) is 7.04. The Kier molecular flexibility index (Phi) is 4.05. The van der Waals surface area contributed by atoms with E-state index in [9.17, 15) is 4.79 Å². The lowest BCUT2D eigenvalue weighted by molar-refractivity contribution is 0.430. The number of nitrogens with one attached hydrogen (secondary N) is 1. The molecule has 0 saturated heterocycles. The SMILES string of the molecule is Cc1cc2oc(=O)cc(CN[C@@H](C)c3ccco3)c2cc1Cl. The third kappa shape index (κ3) is 2.93. The molecule has 0 unspecified atom stereocenters. The van der Waals surface area contributed by atoms with Crippen LogP contribution >= 0.6 is 11.6 Å². The van der Waals surface area contributed by atoms with Crippen LogP contribution in [0, 0.1) is 6.92 Å². The maximum Gasteiger partial charge on any atom is 0.336 e. The highest BCUT2D eigenvalue weighted by molar-refractivity contribution is 6.32. The van der Waals surface area contributed by atoms with Gasteiger partial charge in [0.2, 0.25) is 0 Å². The molecule has 5 heteroatoms. The largest absolute Gasteiger partial charge is 0.468 e. The van der Waals surface area contributed by atoms with Gasteiger partial charge in [0.15, 0.2) is 0 Å². The third-order valence-electron chi connectivity index (χ3n) is 3.68. The average molecular weight is 318 g/mol. The molecule has 1 N–H and O–H groups in total. The van der Waals surface area contributed by atoms with Crippen LogP contribution in [0.1, 0.15) is 29.9 Å². The molecule has 0 saturated carbocycles. The van der Waals surface area contributed by atoms with Gasteiger partial charge in [-0.05, 0) is 49.2 Å². The zero-order valence-corrected chi connectivity index (χ0v) is 13.1. The lowest BCUT2D eigenvalue weighted by Gasteiger charge is -2.13. The van der Waals surface area contributed by atoms with Crippen LogP contribution in [0.5, 0.6) is 0 Å². The quantitative estimate of drug-likeness (QED) is 0.733. The number of hydrogen-bond acceptors (Lipinski definition) is 4. The number of benzene rings is 1. The van der Waals surface area contributed by atoms with Crippen LogP contribution in [-0.4, -0.2) is 0 Å². The molecular weight excluding hydrogens is 302 g/mol. The number of fused-ring (bicyclic) bond motifs is 1. The molecular formula is C17H16ClNO3. The van der Waals surface area contributed by atoms with E-state index in [0.29, 0.717) is 17.2 Å². The lowest BCUT2D eigenvalue weighted by atomic mass is 10.1. The summed E-state index contributed by atoms with van der Waals surface area (Å²) in [6, 6.07) is 8.93. The number of furan rings is 1. The van der Waals surface area contributed by atoms with E-state index < -0.39 is 0 Å². The predicted molar refractivity (Wildman–Crippen MR) is 86.2 cm³/mol. The molecule has 2 aromatic heterocycles. The van der Waals surface area contributed by atoms with Crippen LogP contribution < -0.4 is 10.9 Å². The van der Waals surface area contributed by atoms with Crippen LogP contribution in [0.15, 0.2) is 50.2 Å². The van der Waals surface area contributed by atoms with Crippen molar-refractivity contribution in [1.29, 1.82) is 0 Å². The Bertz CT molecular complexity index is 852. The van der Waals surface area contributed by atoms with E-state index in [1.54, 1.807) is 12.3 Å². The number of rotatable bonds is 4. The van der Waals surface area contributed by atoms with Gasteiger partial charge in [0, 0.05) is 23.0 Å². The fourth-order valence-electron chi connectivity index (χ4n) is 2.40. The average Bonchev–Trinajstić information content (AvgIpc) is 3.00. The molecule has 0 fully saturated rings. The van der Waals surface area contributed by atoms with Gasteiger partial charge in [-0.15, -0.1) is 0 Å². The van der Waals surface area contributed by atoms with E-state index in [-0.39, 0.29) is 11.7 Å². The standard InChI is InChI=1S/C17H16ClNO3/c1-10-6-16-13(8-14(10)18)12(7-17(20)22-16)9-19-11(2)15-4-3-5-21-15/h3-8,11,19H,9H2,1-2H3/t11-/m0/s1. The zero-order chi connectivity index (χ0) is 15.7. The van der Waals surface area contributed by atoms with Gasteiger partial charge < -0.3 is 14.2 Å². The number of hydrogen-bond donors (Lipinski definition) is 1. The highest BCUT2D eigenvalue weighted by atomic mass is 35.5. The molecule has 0 radical (unpaired) electrons. The normalized spacial score (nSPS) is 12.7. The second-order valence-corrected chi connectivity index (χ2v) is 5.71. The van der Waals surface area contributed by atoms with Gasteiger partial charge in [-0.25, -0.2) is 4.79 Å². The van der Waals surface area contributed by atoms with Crippen LogP contribution in [0.3, 0.4) is 0 Å². The number of halogens is 1. The first-order valence-corrected chi connectivity index (χ1v) is 7.42. The van der Waals surface area contributed by atoms with Crippen molar-refractivity contribution in [2.45, 2.75) is 26.4 Å². The van der Waals surface area contributed by atoms with Gasteiger partial charge in [-0.1, -0.05) is 11.6 Å². The highest BCUT2D eigenvalue weighted by Crippen LogP contribution is 2.25. The number of aryl methyl sites for hydroxylation is 1. The van der Waals surface area contributed by atoms with Gasteiger partial charge >= 0.3 is 5.63 Å². The van der Waals surface area contributed by atoms with E-state index in [4.69, 9.17) is 20.4 Å². The molecule has 1 aromatic carbocycles. The summed E-state index contributed by atoms with van der Waals surface area (Å²) in [6.07, 6.45) is 1.64. The zero-order valence-electron chi connectivity index (χ0n) is 12.4. The fraction of sp³-hybridized carbons (Fsp3) is 0.235. The maximum atomic E-state index is 11.7. The maximum absolute atomic E-state index is 11.7. The Labute approximate surface area is 132 Å². The molecule has 114 valence electrons. The van der Waals surface area contributed by atoms with E-state index in [0.717, 1.165) is 22.3 Å². The fourth-order valence-corrected chi connectivity index (χ4v) is 2.56. The minimum absolute atomic E-state index is 0.0400. The molecule has 1 atom stereocenters. The van der Waals surface area contributed by atoms with Gasteiger partial charge in [-0.3, -0.25) is 0 Å². The van der Waals surface area contributed by atoms with Crippen molar-refractivity contribution in [3.8, 4) is 0 Å². The first kappa shape index (κ1) is 14.9. The monoisotopic (exact) mass is 317 g/mol. The van der Waals surface area contributed by atoms with E-state index in [1.807, 2.05) is 32.0 Å². The Morgan fingerprint density at radius 3 is 2.86 bits per heavy atom. The second-order valence-electron chi connectivity index (χ2n) is 5.31. The lowest BCUT2D eigenvalue weighted by Crippen LogP contribution is -2.18. The Balaban J connectivity index is 1.93. The molecule has 0 aliphatic carbocycles. The molecule has 3 rings (SSSR count). The minimum Gasteiger partial charge on any atom is -0.468 e. The second kappa shape index (κ2) is 5.99.